The molecule has 1 aromatic carbocycles. The summed E-state index contributed by atoms with van der Waals surface area (Å²) in [5.41, 5.74) is 0.775. The molecular formula is C16H18FNO3. The molecule has 0 aliphatic carbocycles. The van der Waals surface area contributed by atoms with Gasteiger partial charge in [-0.15, -0.1) is 0 Å². The Bertz CT molecular complexity index is 583. The predicted molar refractivity (Wildman–Crippen MR) is 76.1 cm³/mol. The summed E-state index contributed by atoms with van der Waals surface area (Å²) in [7, 11) is 0. The third-order valence-electron chi connectivity index (χ3n) is 3.27. The van der Waals surface area contributed by atoms with E-state index >= 15 is 0 Å². The van der Waals surface area contributed by atoms with Crippen molar-refractivity contribution in [1.82, 2.24) is 5.32 Å². The first-order valence-electron chi connectivity index (χ1n) is 6.80. The SMILES string of the molecule is CC(CC(=O)NCC(O)c1ccco1)c1cccc(F)c1. The highest BCUT2D eigenvalue weighted by Crippen LogP contribution is 2.19. The van der Waals surface area contributed by atoms with Crippen LogP contribution in [0.2, 0.25) is 0 Å². The summed E-state index contributed by atoms with van der Waals surface area (Å²) >= 11 is 0. The standard InChI is InChI=1S/C16H18FNO3/c1-11(12-4-2-5-13(17)9-12)8-16(20)18-10-14(19)15-6-3-7-21-15/h2-7,9,11,14,19H,8,10H2,1H3,(H,18,20). The molecule has 0 saturated carbocycles. The van der Waals surface area contributed by atoms with E-state index in [9.17, 15) is 14.3 Å². The quantitative estimate of drug-likeness (QED) is 0.860. The van der Waals surface area contributed by atoms with Crippen molar-refractivity contribution in [1.29, 1.82) is 0 Å². The van der Waals surface area contributed by atoms with Crippen LogP contribution in [0.3, 0.4) is 0 Å². The van der Waals surface area contributed by atoms with E-state index < -0.39 is 6.10 Å². The number of aliphatic hydroxyl groups is 1. The first-order valence-corrected chi connectivity index (χ1v) is 6.80. The van der Waals surface area contributed by atoms with Gasteiger partial charge in [-0.25, -0.2) is 4.39 Å². The van der Waals surface area contributed by atoms with Gasteiger partial charge >= 0.3 is 0 Å². The highest BCUT2D eigenvalue weighted by molar-refractivity contribution is 5.76. The van der Waals surface area contributed by atoms with E-state index in [2.05, 4.69) is 5.32 Å². The van der Waals surface area contributed by atoms with Gasteiger partial charge in [0.05, 0.1) is 12.8 Å². The maximum Gasteiger partial charge on any atom is 0.220 e. The molecule has 112 valence electrons. The summed E-state index contributed by atoms with van der Waals surface area (Å²) in [6.07, 6.45) is 0.828. The summed E-state index contributed by atoms with van der Waals surface area (Å²) in [4.78, 5) is 11.8. The molecular weight excluding hydrogens is 273 g/mol. The van der Waals surface area contributed by atoms with Crippen LogP contribution in [0.1, 0.15) is 36.7 Å². The van der Waals surface area contributed by atoms with E-state index in [1.165, 1.54) is 18.4 Å². The molecule has 2 unspecified atom stereocenters. The Labute approximate surface area is 122 Å². The zero-order chi connectivity index (χ0) is 15.2. The molecule has 0 saturated heterocycles. The van der Waals surface area contributed by atoms with Crippen LogP contribution >= 0.6 is 0 Å². The molecule has 21 heavy (non-hydrogen) atoms. The van der Waals surface area contributed by atoms with Crippen molar-refractivity contribution in [3.05, 3.63) is 59.8 Å². The minimum atomic E-state index is -0.867. The normalized spacial score (nSPS) is 13.7. The van der Waals surface area contributed by atoms with E-state index in [0.29, 0.717) is 5.76 Å². The van der Waals surface area contributed by atoms with E-state index in [4.69, 9.17) is 4.42 Å². The van der Waals surface area contributed by atoms with Gasteiger partial charge in [-0.05, 0) is 35.7 Å². The first kappa shape index (κ1) is 15.3. The van der Waals surface area contributed by atoms with E-state index in [1.54, 1.807) is 24.3 Å². The van der Waals surface area contributed by atoms with Crippen molar-refractivity contribution in [2.45, 2.75) is 25.4 Å². The average Bonchev–Trinajstić information content (AvgIpc) is 2.99. The number of hydrogen-bond donors (Lipinski definition) is 2. The van der Waals surface area contributed by atoms with E-state index in [0.717, 1.165) is 5.56 Å². The Kier molecular flexibility index (Phi) is 5.11. The van der Waals surface area contributed by atoms with Crippen molar-refractivity contribution in [2.75, 3.05) is 6.54 Å². The van der Waals surface area contributed by atoms with Crippen LogP contribution < -0.4 is 5.32 Å². The zero-order valence-corrected chi connectivity index (χ0v) is 11.8. The second-order valence-corrected chi connectivity index (χ2v) is 5.00. The summed E-state index contributed by atoms with van der Waals surface area (Å²) < 4.78 is 18.2. The topological polar surface area (TPSA) is 62.5 Å². The van der Waals surface area contributed by atoms with Crippen LogP contribution in [0.5, 0.6) is 0 Å². The molecule has 4 nitrogen and oxygen atoms in total. The Balaban J connectivity index is 1.81. The van der Waals surface area contributed by atoms with Gasteiger partial charge < -0.3 is 14.8 Å². The molecule has 0 radical (unpaired) electrons. The summed E-state index contributed by atoms with van der Waals surface area (Å²) in [5.74, 6) is -0.194. The molecule has 1 amide bonds. The number of nitrogens with one attached hydrogen (secondary N) is 1. The van der Waals surface area contributed by atoms with Gasteiger partial charge in [0.15, 0.2) is 0 Å². The predicted octanol–water partition coefficient (Wildman–Crippen LogP) is 2.76. The number of aliphatic hydroxyl groups excluding tert-OH is 1. The van der Waals surface area contributed by atoms with Crippen LogP contribution in [0, 0.1) is 5.82 Å². The highest BCUT2D eigenvalue weighted by Gasteiger charge is 2.15. The van der Waals surface area contributed by atoms with Crippen LogP contribution in [0.15, 0.2) is 47.1 Å². The fourth-order valence-electron chi connectivity index (χ4n) is 2.07. The molecule has 0 spiro atoms. The fraction of sp³-hybridized carbons (Fsp3) is 0.312. The fourth-order valence-corrected chi connectivity index (χ4v) is 2.07. The van der Waals surface area contributed by atoms with E-state index in [-0.39, 0.29) is 30.6 Å². The molecule has 5 heteroatoms. The number of benzene rings is 1. The third kappa shape index (κ3) is 4.43. The van der Waals surface area contributed by atoms with Crippen molar-refractivity contribution in [3.8, 4) is 0 Å². The molecule has 2 rings (SSSR count). The second kappa shape index (κ2) is 7.04. The second-order valence-electron chi connectivity index (χ2n) is 5.00. The summed E-state index contributed by atoms with van der Waals surface area (Å²) in [6, 6.07) is 9.53. The lowest BCUT2D eigenvalue weighted by atomic mass is 9.97. The number of amides is 1. The number of rotatable bonds is 6. The molecule has 0 fully saturated rings. The first-order chi connectivity index (χ1) is 10.1. The van der Waals surface area contributed by atoms with Gasteiger partial charge in [0.1, 0.15) is 17.7 Å². The molecule has 2 atom stereocenters. The smallest absolute Gasteiger partial charge is 0.220 e. The van der Waals surface area contributed by atoms with Gasteiger partial charge in [0, 0.05) is 6.42 Å². The van der Waals surface area contributed by atoms with Crippen LogP contribution in [-0.2, 0) is 4.79 Å². The Morgan fingerprint density at radius 1 is 1.38 bits per heavy atom. The van der Waals surface area contributed by atoms with Crippen molar-refractivity contribution in [3.63, 3.8) is 0 Å². The molecule has 1 heterocycles. The minimum Gasteiger partial charge on any atom is -0.467 e. The van der Waals surface area contributed by atoms with Crippen molar-refractivity contribution >= 4 is 5.91 Å². The average molecular weight is 291 g/mol. The largest absolute Gasteiger partial charge is 0.467 e. The van der Waals surface area contributed by atoms with Gasteiger partial charge in [0.2, 0.25) is 5.91 Å². The van der Waals surface area contributed by atoms with Crippen LogP contribution in [0.25, 0.3) is 0 Å². The number of carbonyl (C=O) groups excluding carboxylic acids is 1. The Morgan fingerprint density at radius 3 is 2.86 bits per heavy atom. The number of furan rings is 1. The monoisotopic (exact) mass is 291 g/mol. The summed E-state index contributed by atoms with van der Waals surface area (Å²) in [6.45, 7) is 1.94. The lowest BCUT2D eigenvalue weighted by Gasteiger charge is -2.13. The maximum absolute atomic E-state index is 13.1. The summed E-state index contributed by atoms with van der Waals surface area (Å²) in [5, 5.41) is 12.4. The number of halogens is 1. The molecule has 0 aliphatic rings. The van der Waals surface area contributed by atoms with Gasteiger partial charge in [-0.1, -0.05) is 19.1 Å². The van der Waals surface area contributed by atoms with Crippen molar-refractivity contribution < 1.29 is 18.7 Å². The molecule has 2 aromatic rings. The Hall–Kier alpha value is -2.14. The van der Waals surface area contributed by atoms with E-state index in [1.807, 2.05) is 6.92 Å². The third-order valence-corrected chi connectivity index (χ3v) is 3.27. The number of hydrogen-bond acceptors (Lipinski definition) is 3. The Morgan fingerprint density at radius 2 is 2.19 bits per heavy atom. The van der Waals surface area contributed by atoms with Gasteiger partial charge in [0.25, 0.3) is 0 Å². The molecule has 0 aliphatic heterocycles. The van der Waals surface area contributed by atoms with Crippen molar-refractivity contribution in [2.24, 2.45) is 0 Å². The van der Waals surface area contributed by atoms with Crippen LogP contribution in [0.4, 0.5) is 4.39 Å². The minimum absolute atomic E-state index is 0.0855. The van der Waals surface area contributed by atoms with Gasteiger partial charge in [-0.2, -0.15) is 0 Å². The van der Waals surface area contributed by atoms with Crippen LogP contribution in [-0.4, -0.2) is 17.6 Å². The zero-order valence-electron chi connectivity index (χ0n) is 11.8. The highest BCUT2D eigenvalue weighted by atomic mass is 19.1. The lowest BCUT2D eigenvalue weighted by molar-refractivity contribution is -0.121. The lowest BCUT2D eigenvalue weighted by Crippen LogP contribution is -2.29. The number of carbonyl (C=O) groups is 1. The van der Waals surface area contributed by atoms with Gasteiger partial charge in [-0.3, -0.25) is 4.79 Å². The molecule has 0 bridgehead atoms. The molecule has 2 N–H and O–H groups in total. The maximum atomic E-state index is 13.1. The molecule has 1 aromatic heterocycles.